The van der Waals surface area contributed by atoms with Gasteiger partial charge in [0.15, 0.2) is 0 Å². The number of aromatic nitrogens is 1. The maximum absolute atomic E-state index is 11.1. The predicted molar refractivity (Wildman–Crippen MR) is 85.7 cm³/mol. The Morgan fingerprint density at radius 1 is 1.50 bits per heavy atom. The molecule has 1 saturated carbocycles. The molecule has 2 fully saturated rings. The molecule has 4 rings (SSSR count). The predicted octanol–water partition coefficient (Wildman–Crippen LogP) is 3.22. The third-order valence-corrected chi connectivity index (χ3v) is 6.11. The minimum atomic E-state index is -0.879. The monoisotopic (exact) mass is 318 g/mol. The second-order valence-electron chi connectivity index (χ2n) is 6.24. The van der Waals surface area contributed by atoms with E-state index in [9.17, 15) is 4.79 Å². The van der Waals surface area contributed by atoms with Crippen LogP contribution in [0.5, 0.6) is 0 Å². The number of hydrogen-bond donors (Lipinski definition) is 2. The molecule has 1 spiro atoms. The molecule has 2 aromatic heterocycles. The molecule has 1 saturated heterocycles. The van der Waals surface area contributed by atoms with E-state index in [0.29, 0.717) is 16.2 Å². The Morgan fingerprint density at radius 3 is 3.09 bits per heavy atom. The Hall–Kier alpha value is -1.66. The number of aromatic carboxylic acids is 1. The molecule has 1 unspecified atom stereocenters. The average Bonchev–Trinajstić information content (AvgIpc) is 2.98. The number of fused-ring (bicyclic) bond motifs is 1. The van der Waals surface area contributed by atoms with Crippen molar-refractivity contribution in [1.29, 1.82) is 0 Å². The molecule has 6 heteroatoms. The Morgan fingerprint density at radius 2 is 2.32 bits per heavy atom. The Kier molecular flexibility index (Phi) is 3.31. The highest BCUT2D eigenvalue weighted by molar-refractivity contribution is 7.20. The number of nitrogens with zero attached hydrogens (tertiary/aromatic N) is 1. The van der Waals surface area contributed by atoms with Crippen LogP contribution in [0, 0.1) is 11.3 Å². The molecule has 1 aliphatic carbocycles. The lowest BCUT2D eigenvalue weighted by Gasteiger charge is -2.23. The van der Waals surface area contributed by atoms with Gasteiger partial charge in [0, 0.05) is 36.0 Å². The van der Waals surface area contributed by atoms with Crippen molar-refractivity contribution in [1.82, 2.24) is 4.98 Å². The molecule has 1 atom stereocenters. The van der Waals surface area contributed by atoms with Gasteiger partial charge < -0.3 is 15.2 Å². The van der Waals surface area contributed by atoms with Crippen molar-refractivity contribution in [3.8, 4) is 0 Å². The minimum absolute atomic E-state index is 0.360. The normalized spacial score (nSPS) is 22.8. The van der Waals surface area contributed by atoms with Crippen LogP contribution in [0.2, 0.25) is 0 Å². The maximum Gasteiger partial charge on any atom is 0.345 e. The molecule has 5 nitrogen and oxygen atoms in total. The van der Waals surface area contributed by atoms with Crippen LogP contribution in [0.3, 0.4) is 0 Å². The van der Waals surface area contributed by atoms with Crippen molar-refractivity contribution >= 4 is 33.2 Å². The lowest BCUT2D eigenvalue weighted by Crippen LogP contribution is -2.21. The molecule has 2 N–H and O–H groups in total. The second kappa shape index (κ2) is 5.21. The summed E-state index contributed by atoms with van der Waals surface area (Å²) in [5.74, 6) is 0.608. The SMILES string of the molecule is O=C(O)c1cc2c(NCC3CC34CCOCC4)nccc2s1. The number of carboxylic acid groups (broad SMARTS) is 1. The van der Waals surface area contributed by atoms with Crippen molar-refractivity contribution in [3.05, 3.63) is 23.2 Å². The summed E-state index contributed by atoms with van der Waals surface area (Å²) in [5, 5.41) is 13.5. The second-order valence-corrected chi connectivity index (χ2v) is 7.33. The number of thiophene rings is 1. The van der Waals surface area contributed by atoms with Gasteiger partial charge in [0.25, 0.3) is 0 Å². The Labute approximate surface area is 132 Å². The number of carboxylic acids is 1. The molecule has 1 aliphatic heterocycles. The van der Waals surface area contributed by atoms with E-state index >= 15 is 0 Å². The molecule has 0 amide bonds. The van der Waals surface area contributed by atoms with Gasteiger partial charge in [-0.2, -0.15) is 0 Å². The van der Waals surface area contributed by atoms with Crippen LogP contribution < -0.4 is 5.32 Å². The maximum atomic E-state index is 11.1. The first-order valence-electron chi connectivity index (χ1n) is 7.61. The van der Waals surface area contributed by atoms with Crippen molar-refractivity contribution < 1.29 is 14.6 Å². The lowest BCUT2D eigenvalue weighted by atomic mass is 9.94. The number of nitrogens with one attached hydrogen (secondary N) is 1. The number of carbonyl (C=O) groups is 1. The van der Waals surface area contributed by atoms with E-state index in [1.54, 1.807) is 12.3 Å². The summed E-state index contributed by atoms with van der Waals surface area (Å²) in [6.07, 6.45) is 5.34. The van der Waals surface area contributed by atoms with E-state index in [0.717, 1.165) is 35.7 Å². The molecule has 0 aromatic carbocycles. The molecule has 0 radical (unpaired) electrons. The smallest absolute Gasteiger partial charge is 0.345 e. The van der Waals surface area contributed by atoms with Crippen LogP contribution in [-0.4, -0.2) is 35.8 Å². The van der Waals surface area contributed by atoms with Crippen molar-refractivity contribution in [2.75, 3.05) is 25.1 Å². The van der Waals surface area contributed by atoms with Gasteiger partial charge in [-0.15, -0.1) is 11.3 Å². The highest BCUT2D eigenvalue weighted by Gasteiger charge is 2.53. The highest BCUT2D eigenvalue weighted by atomic mass is 32.1. The first-order valence-corrected chi connectivity index (χ1v) is 8.43. The number of anilines is 1. The van der Waals surface area contributed by atoms with E-state index in [1.807, 2.05) is 6.07 Å². The molecule has 0 bridgehead atoms. The lowest BCUT2D eigenvalue weighted by molar-refractivity contribution is 0.0527. The summed E-state index contributed by atoms with van der Waals surface area (Å²) in [6.45, 7) is 2.68. The fourth-order valence-corrected chi connectivity index (χ4v) is 4.44. The van der Waals surface area contributed by atoms with Gasteiger partial charge in [-0.05, 0) is 42.7 Å². The summed E-state index contributed by atoms with van der Waals surface area (Å²) in [6, 6.07) is 3.59. The van der Waals surface area contributed by atoms with Gasteiger partial charge in [0.05, 0.1) is 0 Å². The number of hydrogen-bond acceptors (Lipinski definition) is 5. The van der Waals surface area contributed by atoms with Gasteiger partial charge in [-0.3, -0.25) is 0 Å². The van der Waals surface area contributed by atoms with Gasteiger partial charge in [-0.25, -0.2) is 9.78 Å². The zero-order chi connectivity index (χ0) is 15.2. The van der Waals surface area contributed by atoms with Crippen LogP contribution in [-0.2, 0) is 4.74 Å². The van der Waals surface area contributed by atoms with Crippen LogP contribution >= 0.6 is 11.3 Å². The Bertz CT molecular complexity index is 721. The van der Waals surface area contributed by atoms with Gasteiger partial charge >= 0.3 is 5.97 Å². The summed E-state index contributed by atoms with van der Waals surface area (Å²) < 4.78 is 6.42. The first kappa shape index (κ1) is 14.0. The van der Waals surface area contributed by atoms with Gasteiger partial charge in [-0.1, -0.05) is 0 Å². The topological polar surface area (TPSA) is 71.5 Å². The fraction of sp³-hybridized carbons (Fsp3) is 0.500. The zero-order valence-electron chi connectivity index (χ0n) is 12.2. The Balaban J connectivity index is 1.49. The fourth-order valence-electron chi connectivity index (χ4n) is 3.54. The first-order chi connectivity index (χ1) is 10.7. The van der Waals surface area contributed by atoms with Crippen LogP contribution in [0.4, 0.5) is 5.82 Å². The molecular weight excluding hydrogens is 300 g/mol. The quantitative estimate of drug-likeness (QED) is 0.905. The molecule has 2 aliphatic rings. The largest absolute Gasteiger partial charge is 0.477 e. The van der Waals surface area contributed by atoms with Crippen LogP contribution in [0.25, 0.3) is 10.1 Å². The highest BCUT2D eigenvalue weighted by Crippen LogP contribution is 2.59. The van der Waals surface area contributed by atoms with Crippen molar-refractivity contribution in [3.63, 3.8) is 0 Å². The van der Waals surface area contributed by atoms with E-state index in [-0.39, 0.29) is 0 Å². The van der Waals surface area contributed by atoms with Gasteiger partial charge in [0.1, 0.15) is 10.7 Å². The molecule has 2 aromatic rings. The molecule has 3 heterocycles. The average molecular weight is 318 g/mol. The number of rotatable bonds is 4. The van der Waals surface area contributed by atoms with Crippen molar-refractivity contribution in [2.24, 2.45) is 11.3 Å². The molecule has 22 heavy (non-hydrogen) atoms. The van der Waals surface area contributed by atoms with Crippen molar-refractivity contribution in [2.45, 2.75) is 19.3 Å². The van der Waals surface area contributed by atoms with E-state index in [4.69, 9.17) is 9.84 Å². The van der Waals surface area contributed by atoms with Gasteiger partial charge in [0.2, 0.25) is 0 Å². The van der Waals surface area contributed by atoms with E-state index < -0.39 is 5.97 Å². The van der Waals surface area contributed by atoms with E-state index in [1.165, 1.54) is 30.6 Å². The molecule has 116 valence electrons. The van der Waals surface area contributed by atoms with E-state index in [2.05, 4.69) is 10.3 Å². The van der Waals surface area contributed by atoms with Crippen LogP contribution in [0.1, 0.15) is 28.9 Å². The molecular formula is C16H18N2O3S. The summed E-state index contributed by atoms with van der Waals surface area (Å²) >= 11 is 1.29. The zero-order valence-corrected chi connectivity index (χ0v) is 13.0. The summed E-state index contributed by atoms with van der Waals surface area (Å²) in [5.41, 5.74) is 0.486. The summed E-state index contributed by atoms with van der Waals surface area (Å²) in [4.78, 5) is 15.9. The number of pyridine rings is 1. The van der Waals surface area contributed by atoms with Crippen LogP contribution in [0.15, 0.2) is 18.3 Å². The standard InChI is InChI=1S/C16H18N2O3S/c19-15(20)13-7-11-12(22-13)1-4-17-14(11)18-9-10-8-16(10)2-5-21-6-3-16/h1,4,7,10H,2-3,5-6,8-9H2,(H,17,18)(H,19,20). The third kappa shape index (κ3) is 2.36. The summed E-state index contributed by atoms with van der Waals surface area (Å²) in [7, 11) is 0. The minimum Gasteiger partial charge on any atom is -0.477 e. The third-order valence-electron chi connectivity index (χ3n) is 5.02. The number of ether oxygens (including phenoxy) is 1.